The maximum absolute atomic E-state index is 11.9. The van der Waals surface area contributed by atoms with Crippen molar-refractivity contribution < 1.29 is 14.3 Å². The molecule has 0 bridgehead atoms. The van der Waals surface area contributed by atoms with Crippen LogP contribution in [-0.4, -0.2) is 55.6 Å². The molecule has 1 aliphatic heterocycles. The summed E-state index contributed by atoms with van der Waals surface area (Å²) in [5.74, 6) is -0.0367. The maximum Gasteiger partial charge on any atom is 0.343 e. The van der Waals surface area contributed by atoms with Crippen LogP contribution in [0.3, 0.4) is 0 Å². The third-order valence-electron chi connectivity index (χ3n) is 3.86. The number of thioether (sulfide) groups is 1. The van der Waals surface area contributed by atoms with E-state index in [0.717, 1.165) is 37.7 Å². The van der Waals surface area contributed by atoms with Crippen LogP contribution in [0.1, 0.15) is 10.4 Å². The highest BCUT2D eigenvalue weighted by atomic mass is 32.2. The highest BCUT2D eigenvalue weighted by Crippen LogP contribution is 2.24. The van der Waals surface area contributed by atoms with Gasteiger partial charge in [-0.05, 0) is 30.5 Å². The summed E-state index contributed by atoms with van der Waals surface area (Å²) < 4.78 is 10.2. The van der Waals surface area contributed by atoms with Crippen LogP contribution in [0.4, 0.5) is 17.2 Å². The summed E-state index contributed by atoms with van der Waals surface area (Å²) in [7, 11) is 1.34. The molecule has 2 heterocycles. The van der Waals surface area contributed by atoms with Crippen LogP contribution >= 0.6 is 11.8 Å². The monoisotopic (exact) mass is 360 g/mol. The normalized spacial score (nSPS) is 14.2. The molecule has 1 aliphatic rings. The van der Waals surface area contributed by atoms with Gasteiger partial charge in [0.1, 0.15) is 11.4 Å². The van der Waals surface area contributed by atoms with Crippen LogP contribution in [0.25, 0.3) is 0 Å². The van der Waals surface area contributed by atoms with Crippen molar-refractivity contribution in [2.45, 2.75) is 5.16 Å². The Morgan fingerprint density at radius 3 is 2.64 bits per heavy atom. The molecule has 1 saturated heterocycles. The van der Waals surface area contributed by atoms with Gasteiger partial charge < -0.3 is 19.7 Å². The second-order valence-corrected chi connectivity index (χ2v) is 6.16. The van der Waals surface area contributed by atoms with E-state index in [1.54, 1.807) is 0 Å². The summed E-state index contributed by atoms with van der Waals surface area (Å²) in [6, 6.07) is 8.02. The second kappa shape index (κ2) is 8.17. The number of esters is 1. The molecule has 0 aliphatic carbocycles. The number of anilines is 3. The molecule has 1 aromatic carbocycles. The Morgan fingerprint density at radius 2 is 2.00 bits per heavy atom. The predicted molar refractivity (Wildman–Crippen MR) is 97.9 cm³/mol. The molecule has 0 amide bonds. The quantitative estimate of drug-likeness (QED) is 0.495. The fourth-order valence-electron chi connectivity index (χ4n) is 2.53. The molecule has 1 fully saturated rings. The Hall–Kier alpha value is -2.32. The number of morpholine rings is 1. The number of benzene rings is 1. The lowest BCUT2D eigenvalue weighted by Gasteiger charge is -2.28. The fraction of sp³-hybridized carbons (Fsp3) is 0.353. The minimum absolute atomic E-state index is 0.303. The third-order valence-corrected chi connectivity index (χ3v) is 4.42. The minimum Gasteiger partial charge on any atom is -0.465 e. The van der Waals surface area contributed by atoms with Crippen LogP contribution in [0, 0.1) is 0 Å². The predicted octanol–water partition coefficient (Wildman–Crippen LogP) is 2.57. The van der Waals surface area contributed by atoms with Gasteiger partial charge in [0.15, 0.2) is 5.16 Å². The summed E-state index contributed by atoms with van der Waals surface area (Å²) in [6.07, 6.45) is 3.36. The summed E-state index contributed by atoms with van der Waals surface area (Å²) in [6.45, 7) is 3.28. The van der Waals surface area contributed by atoms with Gasteiger partial charge >= 0.3 is 5.97 Å². The standard InChI is InChI=1S/C17H20N4O3S/c1-23-16(22)14-11-18-17(25-2)20-15(14)19-12-3-5-13(6-4-12)21-7-9-24-10-8-21/h3-6,11H,7-10H2,1-2H3,(H,18,19,20). The average Bonchev–Trinajstić information content (AvgIpc) is 2.68. The molecule has 1 N–H and O–H groups in total. The SMILES string of the molecule is COC(=O)c1cnc(SC)nc1Nc1ccc(N2CCOCC2)cc1. The van der Waals surface area contributed by atoms with Crippen molar-refractivity contribution in [3.05, 3.63) is 36.0 Å². The van der Waals surface area contributed by atoms with Gasteiger partial charge in [0.2, 0.25) is 0 Å². The lowest BCUT2D eigenvalue weighted by molar-refractivity contribution is 0.0601. The number of hydrogen-bond acceptors (Lipinski definition) is 8. The van der Waals surface area contributed by atoms with Gasteiger partial charge in [0.25, 0.3) is 0 Å². The topological polar surface area (TPSA) is 76.6 Å². The van der Waals surface area contributed by atoms with Crippen LogP contribution in [-0.2, 0) is 9.47 Å². The van der Waals surface area contributed by atoms with Crippen molar-refractivity contribution >= 4 is 34.9 Å². The van der Waals surface area contributed by atoms with Gasteiger partial charge in [-0.3, -0.25) is 0 Å². The van der Waals surface area contributed by atoms with Crippen molar-refractivity contribution in [2.24, 2.45) is 0 Å². The first-order valence-electron chi connectivity index (χ1n) is 7.90. The van der Waals surface area contributed by atoms with E-state index in [0.29, 0.717) is 16.5 Å². The molecule has 3 rings (SSSR count). The molecule has 2 aromatic rings. The van der Waals surface area contributed by atoms with Crippen LogP contribution in [0.2, 0.25) is 0 Å². The number of nitrogens with one attached hydrogen (secondary N) is 1. The highest BCUT2D eigenvalue weighted by molar-refractivity contribution is 7.98. The molecule has 8 heteroatoms. The van der Waals surface area contributed by atoms with Gasteiger partial charge in [0.05, 0.1) is 20.3 Å². The number of carbonyl (C=O) groups is 1. The molecular weight excluding hydrogens is 340 g/mol. The number of ether oxygens (including phenoxy) is 2. The minimum atomic E-state index is -0.472. The number of hydrogen-bond donors (Lipinski definition) is 1. The van der Waals surface area contributed by atoms with E-state index >= 15 is 0 Å². The van der Waals surface area contributed by atoms with E-state index in [2.05, 4.69) is 20.2 Å². The zero-order valence-electron chi connectivity index (χ0n) is 14.2. The van der Waals surface area contributed by atoms with E-state index in [4.69, 9.17) is 9.47 Å². The van der Waals surface area contributed by atoms with Crippen LogP contribution in [0.15, 0.2) is 35.6 Å². The fourth-order valence-corrected chi connectivity index (χ4v) is 2.87. The molecule has 0 spiro atoms. The molecule has 1 aromatic heterocycles. The van der Waals surface area contributed by atoms with E-state index in [9.17, 15) is 4.79 Å². The van der Waals surface area contributed by atoms with E-state index in [1.807, 2.05) is 30.5 Å². The van der Waals surface area contributed by atoms with Gasteiger partial charge in [-0.25, -0.2) is 14.8 Å². The van der Waals surface area contributed by atoms with Gasteiger partial charge in [-0.1, -0.05) is 11.8 Å². The summed E-state index contributed by atoms with van der Waals surface area (Å²) in [4.78, 5) is 22.7. The molecule has 7 nitrogen and oxygen atoms in total. The number of rotatable bonds is 5. The largest absolute Gasteiger partial charge is 0.465 e. The zero-order chi connectivity index (χ0) is 17.6. The van der Waals surface area contributed by atoms with E-state index < -0.39 is 5.97 Å². The summed E-state index contributed by atoms with van der Waals surface area (Å²) in [5.41, 5.74) is 2.29. The van der Waals surface area contributed by atoms with Crippen LogP contribution < -0.4 is 10.2 Å². The first-order valence-corrected chi connectivity index (χ1v) is 9.13. The van der Waals surface area contributed by atoms with Gasteiger partial charge in [-0.15, -0.1) is 0 Å². The molecule has 0 atom stereocenters. The smallest absolute Gasteiger partial charge is 0.343 e. The zero-order valence-corrected chi connectivity index (χ0v) is 15.0. The number of methoxy groups -OCH3 is 1. The summed E-state index contributed by atoms with van der Waals surface area (Å²) >= 11 is 1.41. The second-order valence-electron chi connectivity index (χ2n) is 5.38. The molecule has 132 valence electrons. The molecular formula is C17H20N4O3S. The average molecular weight is 360 g/mol. The van der Waals surface area contributed by atoms with Crippen molar-refractivity contribution in [2.75, 3.05) is 49.9 Å². The third kappa shape index (κ3) is 4.21. The lowest BCUT2D eigenvalue weighted by Crippen LogP contribution is -2.36. The molecule has 0 radical (unpaired) electrons. The van der Waals surface area contributed by atoms with Crippen molar-refractivity contribution in [3.8, 4) is 0 Å². The molecule has 25 heavy (non-hydrogen) atoms. The number of carbonyl (C=O) groups excluding carboxylic acids is 1. The Labute approximate surface area is 150 Å². The van der Waals surface area contributed by atoms with E-state index in [-0.39, 0.29) is 0 Å². The van der Waals surface area contributed by atoms with E-state index in [1.165, 1.54) is 25.1 Å². The lowest BCUT2D eigenvalue weighted by atomic mass is 10.2. The molecule has 0 unspecified atom stereocenters. The first kappa shape index (κ1) is 17.5. The maximum atomic E-state index is 11.9. The summed E-state index contributed by atoms with van der Waals surface area (Å²) in [5, 5.41) is 3.77. The van der Waals surface area contributed by atoms with Crippen molar-refractivity contribution in [1.82, 2.24) is 9.97 Å². The Balaban J connectivity index is 1.80. The Kier molecular flexibility index (Phi) is 5.72. The highest BCUT2D eigenvalue weighted by Gasteiger charge is 2.16. The van der Waals surface area contributed by atoms with Gasteiger partial charge in [-0.2, -0.15) is 0 Å². The molecule has 0 saturated carbocycles. The Bertz CT molecular complexity index is 733. The van der Waals surface area contributed by atoms with Crippen molar-refractivity contribution in [3.63, 3.8) is 0 Å². The van der Waals surface area contributed by atoms with Crippen molar-refractivity contribution in [1.29, 1.82) is 0 Å². The number of aromatic nitrogens is 2. The Morgan fingerprint density at radius 1 is 1.28 bits per heavy atom. The number of nitrogens with zero attached hydrogens (tertiary/aromatic N) is 3. The first-order chi connectivity index (χ1) is 12.2. The van der Waals surface area contributed by atoms with Gasteiger partial charge in [0, 0.05) is 30.7 Å². The van der Waals surface area contributed by atoms with Crippen LogP contribution in [0.5, 0.6) is 0 Å².